The van der Waals surface area contributed by atoms with Crippen molar-refractivity contribution in [2.75, 3.05) is 25.5 Å². The lowest BCUT2D eigenvalue weighted by Gasteiger charge is -2.11. The quantitative estimate of drug-likeness (QED) is 0.547. The first-order valence-electron chi connectivity index (χ1n) is 8.22. The fourth-order valence-electron chi connectivity index (χ4n) is 2.05. The number of aromatic nitrogens is 1. The average Bonchev–Trinajstić information content (AvgIpc) is 2.53. The van der Waals surface area contributed by atoms with E-state index >= 15 is 0 Å². The Bertz CT molecular complexity index is 609. The van der Waals surface area contributed by atoms with Crippen molar-refractivity contribution in [3.63, 3.8) is 0 Å². The maximum absolute atomic E-state index is 11.9. The summed E-state index contributed by atoms with van der Waals surface area (Å²) >= 11 is 1.31. The van der Waals surface area contributed by atoms with Crippen LogP contribution in [0.3, 0.4) is 0 Å². The molecule has 5 nitrogen and oxygen atoms in total. The molecule has 1 N–H and O–H groups in total. The monoisotopic (exact) mass is 349 g/mol. The van der Waals surface area contributed by atoms with Crippen molar-refractivity contribution < 1.29 is 9.53 Å². The zero-order chi connectivity index (χ0) is 18.1. The first kappa shape index (κ1) is 20.5. The molecule has 1 heterocycles. The van der Waals surface area contributed by atoms with Crippen molar-refractivity contribution >= 4 is 17.7 Å². The second-order valence-corrected chi connectivity index (χ2v) is 7.16. The van der Waals surface area contributed by atoms with Gasteiger partial charge in [-0.25, -0.2) is 4.98 Å². The van der Waals surface area contributed by atoms with Gasteiger partial charge in [-0.2, -0.15) is 5.26 Å². The summed E-state index contributed by atoms with van der Waals surface area (Å²) in [6.45, 7) is 12.0. The number of hydrogen-bond donors (Lipinski definition) is 1. The molecule has 0 aliphatic rings. The first-order chi connectivity index (χ1) is 11.4. The number of nitrogens with zero attached hydrogens (tertiary/aromatic N) is 2. The van der Waals surface area contributed by atoms with Crippen LogP contribution < -0.4 is 5.32 Å². The van der Waals surface area contributed by atoms with Gasteiger partial charge < -0.3 is 10.1 Å². The summed E-state index contributed by atoms with van der Waals surface area (Å²) in [7, 11) is 0. The zero-order valence-electron chi connectivity index (χ0n) is 15.2. The van der Waals surface area contributed by atoms with Gasteiger partial charge in [-0.3, -0.25) is 4.79 Å². The molecule has 132 valence electrons. The van der Waals surface area contributed by atoms with Crippen LogP contribution in [0.15, 0.2) is 5.03 Å². The van der Waals surface area contributed by atoms with Gasteiger partial charge in [0, 0.05) is 25.5 Å². The number of amides is 1. The standard InChI is InChI=1S/C18H27N3O2S/c1-12(2)10-23-8-6-7-20-17(22)11-24-18-16(9-19)14(4)13(3)15(5)21-18/h12H,6-8,10-11H2,1-5H3,(H,20,22). The summed E-state index contributed by atoms with van der Waals surface area (Å²) in [4.78, 5) is 16.4. The normalized spacial score (nSPS) is 10.7. The summed E-state index contributed by atoms with van der Waals surface area (Å²) in [6, 6.07) is 2.20. The number of thioether (sulfide) groups is 1. The molecule has 0 aromatic carbocycles. The van der Waals surface area contributed by atoms with E-state index in [9.17, 15) is 10.1 Å². The lowest BCUT2D eigenvalue weighted by atomic mass is 10.1. The number of rotatable bonds is 9. The smallest absolute Gasteiger partial charge is 0.230 e. The van der Waals surface area contributed by atoms with E-state index in [1.165, 1.54) is 11.8 Å². The molecule has 0 aliphatic heterocycles. The Morgan fingerprint density at radius 1 is 1.33 bits per heavy atom. The van der Waals surface area contributed by atoms with E-state index in [1.54, 1.807) is 0 Å². The maximum Gasteiger partial charge on any atom is 0.230 e. The number of carbonyl (C=O) groups excluding carboxylic acids is 1. The van der Waals surface area contributed by atoms with Crippen molar-refractivity contribution in [3.8, 4) is 6.07 Å². The van der Waals surface area contributed by atoms with Gasteiger partial charge in [0.25, 0.3) is 0 Å². The van der Waals surface area contributed by atoms with Gasteiger partial charge in [0.05, 0.1) is 11.3 Å². The molecule has 1 amide bonds. The van der Waals surface area contributed by atoms with Crippen LogP contribution in [0.5, 0.6) is 0 Å². The minimum atomic E-state index is -0.0505. The lowest BCUT2D eigenvalue weighted by Crippen LogP contribution is -2.27. The molecule has 6 heteroatoms. The van der Waals surface area contributed by atoms with E-state index < -0.39 is 0 Å². The molecule has 0 saturated heterocycles. The van der Waals surface area contributed by atoms with Gasteiger partial charge in [-0.1, -0.05) is 25.6 Å². The van der Waals surface area contributed by atoms with Crippen LogP contribution in [0.1, 0.15) is 42.7 Å². The van der Waals surface area contributed by atoms with Crippen LogP contribution in [0.25, 0.3) is 0 Å². The molecule has 0 aliphatic carbocycles. The number of carbonyl (C=O) groups is 1. The third-order valence-electron chi connectivity index (χ3n) is 3.65. The van der Waals surface area contributed by atoms with E-state index in [4.69, 9.17) is 4.74 Å². The van der Waals surface area contributed by atoms with Crippen LogP contribution in [-0.2, 0) is 9.53 Å². The Morgan fingerprint density at radius 2 is 2.04 bits per heavy atom. The highest BCUT2D eigenvalue weighted by molar-refractivity contribution is 8.00. The number of pyridine rings is 1. The van der Waals surface area contributed by atoms with Crippen molar-refractivity contribution in [3.05, 3.63) is 22.4 Å². The molecule has 0 radical (unpaired) electrons. The Morgan fingerprint density at radius 3 is 2.67 bits per heavy atom. The minimum absolute atomic E-state index is 0.0505. The van der Waals surface area contributed by atoms with Crippen molar-refractivity contribution in [2.24, 2.45) is 5.92 Å². The SMILES string of the molecule is Cc1nc(SCC(=O)NCCCOCC(C)C)c(C#N)c(C)c1C. The molecule has 0 atom stereocenters. The predicted octanol–water partition coefficient (Wildman–Crippen LogP) is 3.15. The second-order valence-electron chi connectivity index (χ2n) is 6.20. The average molecular weight is 350 g/mol. The largest absolute Gasteiger partial charge is 0.381 e. The van der Waals surface area contributed by atoms with Crippen LogP contribution in [-0.4, -0.2) is 36.4 Å². The molecule has 1 aromatic rings. The molecule has 0 fully saturated rings. The third kappa shape index (κ3) is 6.50. The van der Waals surface area contributed by atoms with Gasteiger partial charge in [-0.05, 0) is 44.2 Å². The van der Waals surface area contributed by atoms with Gasteiger partial charge in [-0.15, -0.1) is 0 Å². The molecule has 0 spiro atoms. The highest BCUT2D eigenvalue weighted by Crippen LogP contribution is 2.26. The minimum Gasteiger partial charge on any atom is -0.381 e. The van der Waals surface area contributed by atoms with Crippen molar-refractivity contribution in [1.29, 1.82) is 5.26 Å². The summed E-state index contributed by atoms with van der Waals surface area (Å²) in [5.74, 6) is 0.737. The van der Waals surface area contributed by atoms with Gasteiger partial charge >= 0.3 is 0 Å². The summed E-state index contributed by atoms with van der Waals surface area (Å²) < 4.78 is 5.47. The number of nitrogens with one attached hydrogen (secondary N) is 1. The van der Waals surface area contributed by atoms with E-state index in [1.807, 2.05) is 20.8 Å². The Hall–Kier alpha value is -1.58. The Kier molecular flexibility index (Phi) is 8.80. The van der Waals surface area contributed by atoms with E-state index in [2.05, 4.69) is 30.2 Å². The fraction of sp³-hybridized carbons (Fsp3) is 0.611. The Labute approximate surface area is 149 Å². The molecule has 1 aromatic heterocycles. The van der Waals surface area contributed by atoms with E-state index in [0.29, 0.717) is 29.7 Å². The molecule has 24 heavy (non-hydrogen) atoms. The Balaban J connectivity index is 2.41. The number of nitriles is 1. The third-order valence-corrected chi connectivity index (χ3v) is 4.63. The maximum atomic E-state index is 11.9. The number of ether oxygens (including phenoxy) is 1. The molecule has 1 rings (SSSR count). The van der Waals surface area contributed by atoms with Crippen molar-refractivity contribution in [1.82, 2.24) is 10.3 Å². The highest BCUT2D eigenvalue weighted by Gasteiger charge is 2.14. The highest BCUT2D eigenvalue weighted by atomic mass is 32.2. The van der Waals surface area contributed by atoms with E-state index in [0.717, 1.165) is 29.8 Å². The molecule has 0 unspecified atom stereocenters. The van der Waals surface area contributed by atoms with Crippen molar-refractivity contribution in [2.45, 2.75) is 46.1 Å². The van der Waals surface area contributed by atoms with Gasteiger partial charge in [0.15, 0.2) is 0 Å². The second kappa shape index (κ2) is 10.3. The van der Waals surface area contributed by atoms with Crippen LogP contribution >= 0.6 is 11.8 Å². The summed E-state index contributed by atoms with van der Waals surface area (Å²) in [5.41, 5.74) is 3.44. The van der Waals surface area contributed by atoms with Crippen LogP contribution in [0.2, 0.25) is 0 Å². The molecular weight excluding hydrogens is 322 g/mol. The zero-order valence-corrected chi connectivity index (χ0v) is 16.0. The summed E-state index contributed by atoms with van der Waals surface area (Å²) in [5, 5.41) is 12.8. The molecule has 0 saturated carbocycles. The lowest BCUT2D eigenvalue weighted by molar-refractivity contribution is -0.118. The van der Waals surface area contributed by atoms with Crippen LogP contribution in [0, 0.1) is 38.0 Å². The van der Waals surface area contributed by atoms with E-state index in [-0.39, 0.29) is 11.7 Å². The van der Waals surface area contributed by atoms with Crippen LogP contribution in [0.4, 0.5) is 0 Å². The summed E-state index contributed by atoms with van der Waals surface area (Å²) in [6.07, 6.45) is 0.799. The predicted molar refractivity (Wildman–Crippen MR) is 97.2 cm³/mol. The molecular formula is C18H27N3O2S. The molecule has 0 bridgehead atoms. The first-order valence-corrected chi connectivity index (χ1v) is 9.20. The number of aryl methyl sites for hydroxylation is 1. The van der Waals surface area contributed by atoms with Gasteiger partial charge in [0.2, 0.25) is 5.91 Å². The fourth-order valence-corrected chi connectivity index (χ4v) is 2.97. The topological polar surface area (TPSA) is 75.0 Å². The van der Waals surface area contributed by atoms with Gasteiger partial charge in [0.1, 0.15) is 11.1 Å². The number of hydrogen-bond acceptors (Lipinski definition) is 5.